The molecule has 1 rings (SSSR count). The van der Waals surface area contributed by atoms with Crippen LogP contribution in [0.2, 0.25) is 0 Å². The zero-order chi connectivity index (χ0) is 8.32. The highest BCUT2D eigenvalue weighted by atomic mass is 16.5. The Kier molecular flexibility index (Phi) is 2.94. The summed E-state index contributed by atoms with van der Waals surface area (Å²) in [7, 11) is 0. The molecule has 0 unspecified atom stereocenters. The molecule has 11 heavy (non-hydrogen) atoms. The molecular formula is C10H19O. The van der Waals surface area contributed by atoms with Gasteiger partial charge in [0.2, 0.25) is 0 Å². The van der Waals surface area contributed by atoms with E-state index in [-0.39, 0.29) is 5.60 Å². The average molecular weight is 155 g/mol. The van der Waals surface area contributed by atoms with E-state index >= 15 is 0 Å². The minimum Gasteiger partial charge on any atom is -0.375 e. The minimum atomic E-state index is 0.0599. The van der Waals surface area contributed by atoms with Crippen LogP contribution in [0.3, 0.4) is 0 Å². The molecule has 0 N–H and O–H groups in total. The Morgan fingerprint density at radius 3 is 2.55 bits per heavy atom. The van der Waals surface area contributed by atoms with Gasteiger partial charge in [0.05, 0.1) is 12.2 Å². The van der Waals surface area contributed by atoms with Crippen LogP contribution in [0.4, 0.5) is 0 Å². The quantitative estimate of drug-likeness (QED) is 0.593. The Bertz CT molecular complexity index is 114. The number of rotatable bonds is 5. The van der Waals surface area contributed by atoms with Crippen LogP contribution >= 0.6 is 0 Å². The first-order valence-corrected chi connectivity index (χ1v) is 4.57. The maximum absolute atomic E-state index is 5.75. The lowest BCUT2D eigenvalue weighted by atomic mass is 10.0. The van der Waals surface area contributed by atoms with Crippen LogP contribution in [-0.4, -0.2) is 12.2 Å². The molecule has 1 aliphatic rings. The fourth-order valence-electron chi connectivity index (χ4n) is 1.13. The Morgan fingerprint density at radius 2 is 2.09 bits per heavy atom. The van der Waals surface area contributed by atoms with Gasteiger partial charge in [-0.15, -0.1) is 0 Å². The van der Waals surface area contributed by atoms with Gasteiger partial charge in [-0.05, 0) is 39.0 Å². The lowest BCUT2D eigenvalue weighted by molar-refractivity contribution is -0.0282. The standard InChI is InChI=1S/C10H19O/c1-4-7-10(2,3)11-8-9-5-6-9/h9H,1,4-8H2,2-3H3. The summed E-state index contributed by atoms with van der Waals surface area (Å²) in [5, 5.41) is 0. The van der Waals surface area contributed by atoms with Crippen LogP contribution in [-0.2, 0) is 4.74 Å². The average Bonchev–Trinajstić information content (AvgIpc) is 2.65. The third kappa shape index (κ3) is 3.76. The van der Waals surface area contributed by atoms with E-state index in [1.807, 2.05) is 0 Å². The van der Waals surface area contributed by atoms with Gasteiger partial charge >= 0.3 is 0 Å². The molecular weight excluding hydrogens is 136 g/mol. The van der Waals surface area contributed by atoms with E-state index in [1.54, 1.807) is 0 Å². The molecule has 0 saturated heterocycles. The summed E-state index contributed by atoms with van der Waals surface area (Å²) in [4.78, 5) is 0. The van der Waals surface area contributed by atoms with Gasteiger partial charge in [0.25, 0.3) is 0 Å². The van der Waals surface area contributed by atoms with Crippen LogP contribution in [0.15, 0.2) is 0 Å². The molecule has 0 atom stereocenters. The summed E-state index contributed by atoms with van der Waals surface area (Å²) in [5.74, 6) is 0.874. The Morgan fingerprint density at radius 1 is 1.45 bits per heavy atom. The second kappa shape index (κ2) is 3.57. The van der Waals surface area contributed by atoms with Gasteiger partial charge in [-0.25, -0.2) is 0 Å². The zero-order valence-electron chi connectivity index (χ0n) is 7.73. The van der Waals surface area contributed by atoms with Crippen molar-refractivity contribution in [3.63, 3.8) is 0 Å². The highest BCUT2D eigenvalue weighted by Gasteiger charge is 2.25. The second-order valence-corrected chi connectivity index (χ2v) is 4.12. The normalized spacial score (nSPS) is 18.8. The van der Waals surface area contributed by atoms with E-state index in [0.29, 0.717) is 0 Å². The van der Waals surface area contributed by atoms with Gasteiger partial charge in [0.1, 0.15) is 0 Å². The van der Waals surface area contributed by atoms with E-state index in [0.717, 1.165) is 25.4 Å². The molecule has 0 spiro atoms. The molecule has 1 saturated carbocycles. The van der Waals surface area contributed by atoms with Gasteiger partial charge < -0.3 is 4.74 Å². The van der Waals surface area contributed by atoms with E-state index in [1.165, 1.54) is 12.8 Å². The second-order valence-electron chi connectivity index (χ2n) is 4.12. The molecule has 1 nitrogen and oxygen atoms in total. The number of hydrogen-bond donors (Lipinski definition) is 0. The largest absolute Gasteiger partial charge is 0.375 e. The van der Waals surface area contributed by atoms with Crippen molar-refractivity contribution in [3.8, 4) is 0 Å². The molecule has 0 aromatic carbocycles. The van der Waals surface area contributed by atoms with Crippen molar-refractivity contribution in [1.29, 1.82) is 0 Å². The molecule has 0 heterocycles. The maximum Gasteiger partial charge on any atom is 0.0626 e. The first kappa shape index (κ1) is 9.05. The van der Waals surface area contributed by atoms with Gasteiger partial charge in [-0.1, -0.05) is 13.3 Å². The van der Waals surface area contributed by atoms with Crippen molar-refractivity contribution in [1.82, 2.24) is 0 Å². The molecule has 0 aromatic heterocycles. The molecule has 0 amide bonds. The summed E-state index contributed by atoms with van der Waals surface area (Å²) in [6.45, 7) is 9.11. The lowest BCUT2D eigenvalue weighted by Gasteiger charge is -2.24. The molecule has 1 aliphatic carbocycles. The summed E-state index contributed by atoms with van der Waals surface area (Å²) < 4.78 is 5.75. The van der Waals surface area contributed by atoms with E-state index in [2.05, 4.69) is 20.8 Å². The molecule has 65 valence electrons. The molecule has 1 radical (unpaired) electrons. The first-order chi connectivity index (χ1) is 5.14. The van der Waals surface area contributed by atoms with Crippen molar-refractivity contribution in [3.05, 3.63) is 6.92 Å². The Labute approximate surface area is 70.1 Å². The third-order valence-electron chi connectivity index (χ3n) is 2.19. The summed E-state index contributed by atoms with van der Waals surface area (Å²) in [5.41, 5.74) is 0.0599. The monoisotopic (exact) mass is 155 g/mol. The molecule has 0 aliphatic heterocycles. The number of hydrogen-bond acceptors (Lipinski definition) is 1. The fraction of sp³-hybridized carbons (Fsp3) is 0.900. The maximum atomic E-state index is 5.75. The van der Waals surface area contributed by atoms with E-state index in [4.69, 9.17) is 4.74 Å². The predicted octanol–water partition coefficient (Wildman–Crippen LogP) is 2.81. The van der Waals surface area contributed by atoms with Crippen LogP contribution < -0.4 is 0 Å². The van der Waals surface area contributed by atoms with Crippen molar-refractivity contribution < 1.29 is 4.74 Å². The van der Waals surface area contributed by atoms with Crippen molar-refractivity contribution >= 4 is 0 Å². The Balaban J connectivity index is 2.09. The van der Waals surface area contributed by atoms with Gasteiger partial charge in [-0.2, -0.15) is 0 Å². The summed E-state index contributed by atoms with van der Waals surface area (Å²) in [6, 6.07) is 0. The summed E-state index contributed by atoms with van der Waals surface area (Å²) in [6.07, 6.45) is 4.79. The SMILES string of the molecule is [CH2]CCC(C)(C)OCC1CC1. The van der Waals surface area contributed by atoms with Crippen molar-refractivity contribution in [2.45, 2.75) is 45.1 Å². The minimum absolute atomic E-state index is 0.0599. The van der Waals surface area contributed by atoms with Crippen molar-refractivity contribution in [2.75, 3.05) is 6.61 Å². The van der Waals surface area contributed by atoms with E-state index in [9.17, 15) is 0 Å². The van der Waals surface area contributed by atoms with Gasteiger partial charge in [0.15, 0.2) is 0 Å². The predicted molar refractivity (Wildman–Crippen MR) is 47.3 cm³/mol. The van der Waals surface area contributed by atoms with E-state index < -0.39 is 0 Å². The van der Waals surface area contributed by atoms with Crippen LogP contribution in [0.25, 0.3) is 0 Å². The topological polar surface area (TPSA) is 9.23 Å². The Hall–Kier alpha value is -0.0400. The van der Waals surface area contributed by atoms with Crippen LogP contribution in [0.1, 0.15) is 39.5 Å². The molecule has 0 bridgehead atoms. The first-order valence-electron chi connectivity index (χ1n) is 4.57. The lowest BCUT2D eigenvalue weighted by Crippen LogP contribution is -2.25. The highest BCUT2D eigenvalue weighted by Crippen LogP contribution is 2.31. The number of ether oxygens (including phenoxy) is 1. The molecule has 1 fully saturated rings. The highest BCUT2D eigenvalue weighted by molar-refractivity contribution is 4.76. The molecule has 0 aromatic rings. The van der Waals surface area contributed by atoms with Gasteiger partial charge in [0, 0.05) is 0 Å². The molecule has 1 heteroatoms. The van der Waals surface area contributed by atoms with Crippen molar-refractivity contribution in [2.24, 2.45) is 5.92 Å². The van der Waals surface area contributed by atoms with Gasteiger partial charge in [-0.3, -0.25) is 0 Å². The fourth-order valence-corrected chi connectivity index (χ4v) is 1.13. The van der Waals surface area contributed by atoms with Crippen LogP contribution in [0, 0.1) is 12.8 Å². The summed E-state index contributed by atoms with van der Waals surface area (Å²) >= 11 is 0. The van der Waals surface area contributed by atoms with Crippen LogP contribution in [0.5, 0.6) is 0 Å². The third-order valence-corrected chi connectivity index (χ3v) is 2.19. The zero-order valence-corrected chi connectivity index (χ0v) is 7.73. The smallest absolute Gasteiger partial charge is 0.0626 e.